The van der Waals surface area contributed by atoms with E-state index < -0.39 is 9.84 Å². The highest BCUT2D eigenvalue weighted by Crippen LogP contribution is 2.27. The number of likely N-dealkylation sites (tertiary alicyclic amines) is 1. The summed E-state index contributed by atoms with van der Waals surface area (Å²) in [5.41, 5.74) is 6.86. The summed E-state index contributed by atoms with van der Waals surface area (Å²) in [4.78, 5) is 6.50. The highest BCUT2D eigenvalue weighted by molar-refractivity contribution is 7.90. The van der Waals surface area contributed by atoms with Gasteiger partial charge in [-0.1, -0.05) is 6.07 Å². The van der Waals surface area contributed by atoms with Crippen LogP contribution in [0.2, 0.25) is 0 Å². The molecule has 0 amide bonds. The number of aromatic nitrogens is 1. The fourth-order valence-corrected chi connectivity index (χ4v) is 3.35. The molecule has 0 aliphatic carbocycles. The standard InChI is InChI=1S/C14H23N3O2S/c1-20(18,19)10-2-7-17-8-5-12(6-9-17)13-3-4-14(15)16-11-13/h3-4,11-12H,2,5-10H2,1H3,(H2,15,16). The molecule has 0 bridgehead atoms. The lowest BCUT2D eigenvalue weighted by atomic mass is 9.90. The summed E-state index contributed by atoms with van der Waals surface area (Å²) in [6.07, 6.45) is 6.11. The molecule has 2 N–H and O–H groups in total. The molecule has 1 saturated heterocycles. The average Bonchev–Trinajstić information content (AvgIpc) is 2.39. The first-order valence-corrected chi connectivity index (χ1v) is 9.11. The van der Waals surface area contributed by atoms with Crippen LogP contribution in [-0.4, -0.2) is 49.9 Å². The zero-order valence-electron chi connectivity index (χ0n) is 12.0. The van der Waals surface area contributed by atoms with Gasteiger partial charge in [-0.15, -0.1) is 0 Å². The number of piperidine rings is 1. The molecular weight excluding hydrogens is 274 g/mol. The van der Waals surface area contributed by atoms with E-state index in [4.69, 9.17) is 5.73 Å². The van der Waals surface area contributed by atoms with Gasteiger partial charge in [0.25, 0.3) is 0 Å². The maximum atomic E-state index is 11.1. The van der Waals surface area contributed by atoms with Crippen molar-refractivity contribution in [3.63, 3.8) is 0 Å². The summed E-state index contributed by atoms with van der Waals surface area (Å²) in [6.45, 7) is 2.93. The summed E-state index contributed by atoms with van der Waals surface area (Å²) in [5.74, 6) is 1.40. The zero-order valence-corrected chi connectivity index (χ0v) is 12.8. The van der Waals surface area contributed by atoms with Crippen LogP contribution in [0, 0.1) is 0 Å². The van der Waals surface area contributed by atoms with Crippen molar-refractivity contribution in [2.45, 2.75) is 25.2 Å². The maximum absolute atomic E-state index is 11.1. The van der Waals surface area contributed by atoms with Crippen LogP contribution in [0.5, 0.6) is 0 Å². The highest BCUT2D eigenvalue weighted by Gasteiger charge is 2.20. The zero-order chi connectivity index (χ0) is 14.6. The molecule has 20 heavy (non-hydrogen) atoms. The minimum atomic E-state index is -2.83. The van der Waals surface area contributed by atoms with Crippen LogP contribution in [-0.2, 0) is 9.84 Å². The quantitative estimate of drug-likeness (QED) is 0.886. The Kier molecular flexibility index (Phi) is 4.99. The lowest BCUT2D eigenvalue weighted by Crippen LogP contribution is -2.34. The van der Waals surface area contributed by atoms with Gasteiger partial charge in [0.1, 0.15) is 15.7 Å². The van der Waals surface area contributed by atoms with Gasteiger partial charge in [0.2, 0.25) is 0 Å². The fraction of sp³-hybridized carbons (Fsp3) is 0.643. The number of pyridine rings is 1. The Balaban J connectivity index is 1.76. The van der Waals surface area contributed by atoms with Crippen molar-refractivity contribution in [1.82, 2.24) is 9.88 Å². The summed E-state index contributed by atoms with van der Waals surface area (Å²) in [6, 6.07) is 3.92. The van der Waals surface area contributed by atoms with Gasteiger partial charge in [0, 0.05) is 12.5 Å². The van der Waals surface area contributed by atoms with Crippen LogP contribution in [0.4, 0.5) is 5.82 Å². The first kappa shape index (κ1) is 15.3. The second-order valence-corrected chi connectivity index (χ2v) is 7.88. The molecule has 0 atom stereocenters. The number of hydrogen-bond acceptors (Lipinski definition) is 5. The molecule has 2 rings (SSSR count). The van der Waals surface area contributed by atoms with E-state index in [2.05, 4.69) is 16.0 Å². The highest BCUT2D eigenvalue weighted by atomic mass is 32.2. The van der Waals surface area contributed by atoms with Gasteiger partial charge in [-0.25, -0.2) is 13.4 Å². The Morgan fingerprint density at radius 1 is 1.35 bits per heavy atom. The van der Waals surface area contributed by atoms with Crippen LogP contribution >= 0.6 is 0 Å². The van der Waals surface area contributed by atoms with Crippen molar-refractivity contribution in [2.24, 2.45) is 0 Å². The molecule has 5 nitrogen and oxygen atoms in total. The van der Waals surface area contributed by atoms with Crippen molar-refractivity contribution in [3.05, 3.63) is 23.9 Å². The lowest BCUT2D eigenvalue weighted by Gasteiger charge is -2.32. The molecule has 1 aliphatic heterocycles. The number of nitrogen functional groups attached to an aromatic ring is 1. The molecular formula is C14H23N3O2S. The molecule has 112 valence electrons. The van der Waals surface area contributed by atoms with Crippen LogP contribution < -0.4 is 5.73 Å². The molecule has 1 aromatic rings. The lowest BCUT2D eigenvalue weighted by molar-refractivity contribution is 0.213. The number of nitrogens with two attached hydrogens (primary N) is 1. The predicted octanol–water partition coefficient (Wildman–Crippen LogP) is 1.28. The summed E-state index contributed by atoms with van der Waals surface area (Å²) in [7, 11) is -2.83. The van der Waals surface area contributed by atoms with Gasteiger partial charge >= 0.3 is 0 Å². The Morgan fingerprint density at radius 2 is 2.05 bits per heavy atom. The van der Waals surface area contributed by atoms with Gasteiger partial charge in [-0.2, -0.15) is 0 Å². The van der Waals surface area contributed by atoms with E-state index in [-0.39, 0.29) is 5.75 Å². The second kappa shape index (κ2) is 6.54. The van der Waals surface area contributed by atoms with Gasteiger partial charge in [0.15, 0.2) is 0 Å². The number of nitrogens with zero attached hydrogens (tertiary/aromatic N) is 2. The first-order valence-electron chi connectivity index (χ1n) is 7.05. The number of hydrogen-bond donors (Lipinski definition) is 1. The van der Waals surface area contributed by atoms with Crippen molar-refractivity contribution in [3.8, 4) is 0 Å². The number of anilines is 1. The third-order valence-corrected chi connectivity index (χ3v) is 4.89. The maximum Gasteiger partial charge on any atom is 0.147 e. The Labute approximate surface area is 121 Å². The molecule has 0 radical (unpaired) electrons. The topological polar surface area (TPSA) is 76.3 Å². The van der Waals surface area contributed by atoms with E-state index >= 15 is 0 Å². The molecule has 1 aliphatic rings. The van der Waals surface area contributed by atoms with E-state index in [0.29, 0.717) is 11.7 Å². The van der Waals surface area contributed by atoms with Crippen molar-refractivity contribution in [1.29, 1.82) is 0 Å². The number of rotatable bonds is 5. The Bertz CT molecular complexity index is 520. The van der Waals surface area contributed by atoms with Crippen molar-refractivity contribution in [2.75, 3.05) is 37.4 Å². The Hall–Kier alpha value is -1.14. The molecule has 1 aromatic heterocycles. The Morgan fingerprint density at radius 3 is 2.60 bits per heavy atom. The summed E-state index contributed by atoms with van der Waals surface area (Å²) in [5, 5.41) is 0. The third kappa shape index (κ3) is 4.76. The van der Waals surface area contributed by atoms with E-state index in [0.717, 1.165) is 38.9 Å². The van der Waals surface area contributed by atoms with Crippen molar-refractivity contribution < 1.29 is 8.42 Å². The normalized spacial score (nSPS) is 18.2. The van der Waals surface area contributed by atoms with Gasteiger partial charge in [0.05, 0.1) is 5.75 Å². The van der Waals surface area contributed by atoms with Gasteiger partial charge in [-0.3, -0.25) is 0 Å². The van der Waals surface area contributed by atoms with Gasteiger partial charge < -0.3 is 10.6 Å². The second-order valence-electron chi connectivity index (χ2n) is 5.62. The van der Waals surface area contributed by atoms with Crippen LogP contribution in [0.3, 0.4) is 0 Å². The van der Waals surface area contributed by atoms with Crippen LogP contribution in [0.25, 0.3) is 0 Å². The van der Waals surface area contributed by atoms with E-state index in [1.165, 1.54) is 11.8 Å². The largest absolute Gasteiger partial charge is 0.384 e. The van der Waals surface area contributed by atoms with Gasteiger partial charge in [-0.05, 0) is 56.4 Å². The number of sulfone groups is 1. The molecule has 0 aromatic carbocycles. The average molecular weight is 297 g/mol. The molecule has 1 fully saturated rings. The fourth-order valence-electron chi connectivity index (χ4n) is 2.70. The molecule has 0 unspecified atom stereocenters. The molecule has 2 heterocycles. The van der Waals surface area contributed by atoms with Crippen LogP contribution in [0.15, 0.2) is 18.3 Å². The SMILES string of the molecule is CS(=O)(=O)CCCN1CCC(c2ccc(N)nc2)CC1. The van der Waals surface area contributed by atoms with E-state index in [1.807, 2.05) is 12.3 Å². The first-order chi connectivity index (χ1) is 9.44. The van der Waals surface area contributed by atoms with E-state index in [1.54, 1.807) is 0 Å². The smallest absolute Gasteiger partial charge is 0.147 e. The van der Waals surface area contributed by atoms with Crippen LogP contribution in [0.1, 0.15) is 30.7 Å². The monoisotopic (exact) mass is 297 g/mol. The van der Waals surface area contributed by atoms with Crippen molar-refractivity contribution >= 4 is 15.7 Å². The summed E-state index contributed by atoms with van der Waals surface area (Å²) < 4.78 is 22.2. The minimum absolute atomic E-state index is 0.287. The van der Waals surface area contributed by atoms with E-state index in [9.17, 15) is 8.42 Å². The minimum Gasteiger partial charge on any atom is -0.384 e. The predicted molar refractivity (Wildman–Crippen MR) is 81.4 cm³/mol. The molecule has 0 spiro atoms. The summed E-state index contributed by atoms with van der Waals surface area (Å²) >= 11 is 0. The molecule has 6 heteroatoms. The molecule has 0 saturated carbocycles. The third-order valence-electron chi connectivity index (χ3n) is 3.86.